The van der Waals surface area contributed by atoms with Gasteiger partial charge in [0, 0.05) is 30.3 Å². The number of rotatable bonds is 5. The Bertz CT molecular complexity index is 935. The van der Waals surface area contributed by atoms with Crippen molar-refractivity contribution in [3.05, 3.63) is 64.9 Å². The van der Waals surface area contributed by atoms with E-state index in [1.54, 1.807) is 17.0 Å². The molecule has 2 aliphatic rings. The van der Waals surface area contributed by atoms with E-state index in [1.165, 1.54) is 12.1 Å². The fourth-order valence-electron chi connectivity index (χ4n) is 4.88. The number of amides is 3. The summed E-state index contributed by atoms with van der Waals surface area (Å²) in [6, 6.07) is 13.2. The summed E-state index contributed by atoms with van der Waals surface area (Å²) >= 11 is 6.04. The standard InChI is InChI=1S/C25H29ClFN3O2/c26-20-5-3-19(4-6-20)25(13-1-2-14-25)23(31)28-17-18-11-15-30(16-12-18)24(32)29-22-9-7-21(27)8-10-22/h3-10,18H,1-2,11-17H2,(H,28,31)(H,29,32). The minimum Gasteiger partial charge on any atom is -0.355 e. The molecule has 0 aromatic heterocycles. The molecular formula is C25H29ClFN3O2. The molecule has 170 valence electrons. The lowest BCUT2D eigenvalue weighted by Crippen LogP contribution is -2.47. The maximum absolute atomic E-state index is 13.2. The van der Waals surface area contributed by atoms with E-state index in [0.717, 1.165) is 44.1 Å². The number of carbonyl (C=O) groups excluding carboxylic acids is 2. The van der Waals surface area contributed by atoms with Crippen LogP contribution in [0.15, 0.2) is 48.5 Å². The quantitative estimate of drug-likeness (QED) is 0.635. The van der Waals surface area contributed by atoms with E-state index in [1.807, 2.05) is 24.3 Å². The van der Waals surface area contributed by atoms with Crippen LogP contribution in [-0.4, -0.2) is 36.5 Å². The van der Waals surface area contributed by atoms with Gasteiger partial charge in [-0.15, -0.1) is 0 Å². The highest BCUT2D eigenvalue weighted by molar-refractivity contribution is 6.30. The van der Waals surface area contributed by atoms with E-state index in [-0.39, 0.29) is 17.8 Å². The number of urea groups is 1. The Balaban J connectivity index is 1.27. The molecule has 1 aliphatic heterocycles. The van der Waals surface area contributed by atoms with Gasteiger partial charge in [-0.1, -0.05) is 36.6 Å². The molecule has 0 radical (unpaired) electrons. The number of piperidine rings is 1. The molecule has 0 bridgehead atoms. The molecule has 1 aliphatic carbocycles. The summed E-state index contributed by atoms with van der Waals surface area (Å²) in [5.41, 5.74) is 1.17. The van der Waals surface area contributed by atoms with Crippen LogP contribution in [0.1, 0.15) is 44.1 Å². The number of benzene rings is 2. The molecule has 2 aromatic carbocycles. The number of hydrogen-bond acceptors (Lipinski definition) is 2. The summed E-state index contributed by atoms with van der Waals surface area (Å²) in [6.45, 7) is 1.90. The Labute approximate surface area is 193 Å². The number of nitrogens with zero attached hydrogens (tertiary/aromatic N) is 1. The summed E-state index contributed by atoms with van der Waals surface area (Å²) < 4.78 is 13.0. The molecule has 0 spiro atoms. The third kappa shape index (κ3) is 5.07. The Hall–Kier alpha value is -2.60. The molecule has 4 rings (SSSR count). The van der Waals surface area contributed by atoms with E-state index in [2.05, 4.69) is 10.6 Å². The van der Waals surface area contributed by atoms with Gasteiger partial charge in [-0.25, -0.2) is 9.18 Å². The molecule has 1 saturated heterocycles. The second-order valence-electron chi connectivity index (χ2n) is 8.87. The first-order valence-corrected chi connectivity index (χ1v) is 11.7. The minimum atomic E-state index is -0.458. The summed E-state index contributed by atoms with van der Waals surface area (Å²) in [6.07, 6.45) is 5.51. The van der Waals surface area contributed by atoms with Gasteiger partial charge in [0.2, 0.25) is 5.91 Å². The van der Waals surface area contributed by atoms with Crippen LogP contribution in [0.2, 0.25) is 5.02 Å². The second-order valence-corrected chi connectivity index (χ2v) is 9.31. The van der Waals surface area contributed by atoms with Crippen molar-refractivity contribution in [2.24, 2.45) is 5.92 Å². The van der Waals surface area contributed by atoms with Crippen LogP contribution in [0.5, 0.6) is 0 Å². The summed E-state index contributed by atoms with van der Waals surface area (Å²) in [7, 11) is 0. The number of carbonyl (C=O) groups is 2. The molecule has 0 atom stereocenters. The average Bonchev–Trinajstić information content (AvgIpc) is 3.31. The van der Waals surface area contributed by atoms with Crippen molar-refractivity contribution in [2.75, 3.05) is 25.0 Å². The van der Waals surface area contributed by atoms with E-state index in [9.17, 15) is 14.0 Å². The molecule has 5 nitrogen and oxygen atoms in total. The van der Waals surface area contributed by atoms with E-state index < -0.39 is 5.41 Å². The fraction of sp³-hybridized carbons (Fsp3) is 0.440. The third-order valence-corrected chi connectivity index (χ3v) is 7.09. The van der Waals surface area contributed by atoms with Crippen molar-refractivity contribution in [1.29, 1.82) is 0 Å². The summed E-state index contributed by atoms with van der Waals surface area (Å²) in [5, 5.41) is 6.70. The molecule has 2 aromatic rings. The van der Waals surface area contributed by atoms with Crippen LogP contribution in [0.25, 0.3) is 0 Å². The monoisotopic (exact) mass is 457 g/mol. The molecular weight excluding hydrogens is 429 g/mol. The van der Waals surface area contributed by atoms with Gasteiger partial charge in [0.15, 0.2) is 0 Å². The van der Waals surface area contributed by atoms with E-state index >= 15 is 0 Å². The van der Waals surface area contributed by atoms with Gasteiger partial charge >= 0.3 is 6.03 Å². The highest BCUT2D eigenvalue weighted by atomic mass is 35.5. The topological polar surface area (TPSA) is 61.4 Å². The lowest BCUT2D eigenvalue weighted by Gasteiger charge is -2.33. The maximum atomic E-state index is 13.2. The Morgan fingerprint density at radius 1 is 1.00 bits per heavy atom. The number of nitrogens with one attached hydrogen (secondary N) is 2. The Morgan fingerprint density at radius 2 is 1.62 bits per heavy atom. The zero-order valence-electron chi connectivity index (χ0n) is 18.1. The molecule has 2 N–H and O–H groups in total. The number of anilines is 1. The predicted octanol–water partition coefficient (Wildman–Crippen LogP) is 5.35. The van der Waals surface area contributed by atoms with Gasteiger partial charge in [0.1, 0.15) is 5.82 Å². The maximum Gasteiger partial charge on any atom is 0.321 e. The van der Waals surface area contributed by atoms with Gasteiger partial charge in [-0.2, -0.15) is 0 Å². The van der Waals surface area contributed by atoms with Gasteiger partial charge in [0.25, 0.3) is 0 Å². The molecule has 3 amide bonds. The first kappa shape index (κ1) is 22.6. The minimum absolute atomic E-state index is 0.105. The van der Waals surface area contributed by atoms with Crippen LogP contribution in [-0.2, 0) is 10.2 Å². The smallest absolute Gasteiger partial charge is 0.321 e. The molecule has 32 heavy (non-hydrogen) atoms. The van der Waals surface area contributed by atoms with Gasteiger partial charge in [-0.05, 0) is 73.6 Å². The van der Waals surface area contributed by atoms with Crippen LogP contribution in [0.3, 0.4) is 0 Å². The SMILES string of the molecule is O=C(Nc1ccc(F)cc1)N1CCC(CNC(=O)C2(c3ccc(Cl)cc3)CCCC2)CC1. The van der Waals surface area contributed by atoms with E-state index in [4.69, 9.17) is 11.6 Å². The zero-order chi connectivity index (χ0) is 22.6. The molecule has 1 heterocycles. The van der Waals surface area contributed by atoms with E-state index in [0.29, 0.717) is 36.3 Å². The van der Waals surface area contributed by atoms with Crippen molar-refractivity contribution in [3.63, 3.8) is 0 Å². The van der Waals surface area contributed by atoms with Crippen LogP contribution in [0.4, 0.5) is 14.9 Å². The number of likely N-dealkylation sites (tertiary alicyclic amines) is 1. The van der Waals surface area contributed by atoms with Gasteiger partial charge < -0.3 is 15.5 Å². The fourth-order valence-corrected chi connectivity index (χ4v) is 5.00. The second kappa shape index (κ2) is 9.90. The summed E-state index contributed by atoms with van der Waals surface area (Å²) in [5.74, 6) is 0.118. The zero-order valence-corrected chi connectivity index (χ0v) is 18.8. The van der Waals surface area contributed by atoms with Crippen molar-refractivity contribution in [2.45, 2.75) is 43.9 Å². The highest BCUT2D eigenvalue weighted by Gasteiger charge is 2.42. The third-order valence-electron chi connectivity index (χ3n) is 6.84. The van der Waals surface area contributed by atoms with Crippen LogP contribution >= 0.6 is 11.6 Å². The van der Waals surface area contributed by atoms with Crippen LogP contribution in [0, 0.1) is 11.7 Å². The first-order valence-electron chi connectivity index (χ1n) is 11.3. The first-order chi connectivity index (χ1) is 15.5. The van der Waals surface area contributed by atoms with Crippen molar-refractivity contribution < 1.29 is 14.0 Å². The van der Waals surface area contributed by atoms with Crippen molar-refractivity contribution in [3.8, 4) is 0 Å². The lowest BCUT2D eigenvalue weighted by molar-refractivity contribution is -0.126. The normalized spacial score (nSPS) is 18.4. The lowest BCUT2D eigenvalue weighted by atomic mass is 9.78. The molecule has 0 unspecified atom stereocenters. The number of halogens is 2. The Morgan fingerprint density at radius 3 is 2.25 bits per heavy atom. The number of hydrogen-bond donors (Lipinski definition) is 2. The predicted molar refractivity (Wildman–Crippen MR) is 124 cm³/mol. The van der Waals surface area contributed by atoms with Crippen molar-refractivity contribution >= 4 is 29.2 Å². The Kier molecular flexibility index (Phi) is 6.99. The molecule has 1 saturated carbocycles. The summed E-state index contributed by atoms with van der Waals surface area (Å²) in [4.78, 5) is 27.5. The van der Waals surface area contributed by atoms with Crippen LogP contribution < -0.4 is 10.6 Å². The van der Waals surface area contributed by atoms with Gasteiger partial charge in [0.05, 0.1) is 5.41 Å². The average molecular weight is 458 g/mol. The molecule has 7 heteroatoms. The van der Waals surface area contributed by atoms with Crippen molar-refractivity contribution in [1.82, 2.24) is 10.2 Å². The largest absolute Gasteiger partial charge is 0.355 e. The highest BCUT2D eigenvalue weighted by Crippen LogP contribution is 2.41. The van der Waals surface area contributed by atoms with Gasteiger partial charge in [-0.3, -0.25) is 4.79 Å². The molecule has 2 fully saturated rings.